The van der Waals surface area contributed by atoms with Gasteiger partial charge in [0.2, 0.25) is 0 Å². The molecular weight excluding hydrogens is 358 g/mol. The molecular formula is C21H19N3O2S. The molecule has 0 atom stereocenters. The highest BCUT2D eigenvalue weighted by atomic mass is 32.1. The Hall–Kier alpha value is -3.12. The molecule has 0 saturated heterocycles. The molecule has 1 aliphatic rings. The maximum absolute atomic E-state index is 10.6. The fourth-order valence-corrected chi connectivity index (χ4v) is 4.16. The number of anilines is 1. The van der Waals surface area contributed by atoms with Crippen molar-refractivity contribution in [2.24, 2.45) is 0 Å². The van der Waals surface area contributed by atoms with Gasteiger partial charge in [0.05, 0.1) is 24.9 Å². The fourth-order valence-electron chi connectivity index (χ4n) is 3.15. The summed E-state index contributed by atoms with van der Waals surface area (Å²) in [5, 5.41) is 19.8. The summed E-state index contributed by atoms with van der Waals surface area (Å²) in [4.78, 5) is 7.56. The molecule has 6 heteroatoms. The minimum absolute atomic E-state index is 0.171. The van der Waals surface area contributed by atoms with Gasteiger partial charge in [-0.1, -0.05) is 30.3 Å². The van der Waals surface area contributed by atoms with Crippen molar-refractivity contribution in [2.75, 3.05) is 18.6 Å². The average Bonchev–Trinajstić information content (AvgIpc) is 3.21. The molecule has 2 aromatic carbocycles. The van der Waals surface area contributed by atoms with Crippen LogP contribution in [0.25, 0.3) is 16.8 Å². The molecule has 27 heavy (non-hydrogen) atoms. The van der Waals surface area contributed by atoms with Gasteiger partial charge in [0.25, 0.3) is 0 Å². The van der Waals surface area contributed by atoms with Gasteiger partial charge < -0.3 is 14.7 Å². The molecule has 0 fully saturated rings. The van der Waals surface area contributed by atoms with Gasteiger partial charge in [0.15, 0.2) is 0 Å². The Morgan fingerprint density at radius 3 is 2.48 bits per heavy atom. The lowest BCUT2D eigenvalue weighted by Gasteiger charge is -2.18. The molecule has 2 N–H and O–H groups in total. The van der Waals surface area contributed by atoms with E-state index in [4.69, 9.17) is 15.1 Å². The second-order valence-electron chi connectivity index (χ2n) is 6.24. The van der Waals surface area contributed by atoms with Crippen LogP contribution in [0.1, 0.15) is 9.88 Å². The van der Waals surface area contributed by atoms with E-state index in [9.17, 15) is 5.11 Å². The first-order valence-electron chi connectivity index (χ1n) is 8.54. The first kappa shape index (κ1) is 17.3. The van der Waals surface area contributed by atoms with Crippen LogP contribution in [0.3, 0.4) is 0 Å². The predicted octanol–water partition coefficient (Wildman–Crippen LogP) is 4.89. The highest BCUT2D eigenvalue weighted by Gasteiger charge is 2.31. The molecule has 0 bridgehead atoms. The number of methoxy groups -OCH3 is 1. The number of hydrogen-bond acceptors (Lipinski definition) is 5. The number of aromatic nitrogens is 1. The Kier molecular flexibility index (Phi) is 4.41. The average molecular weight is 377 g/mol. The number of aliphatic hydroxyl groups is 1. The number of amidine groups is 1. The van der Waals surface area contributed by atoms with Gasteiger partial charge in [-0.15, -0.1) is 11.3 Å². The van der Waals surface area contributed by atoms with Crippen LogP contribution in [-0.4, -0.2) is 29.6 Å². The molecule has 3 aromatic rings. The topological polar surface area (TPSA) is 69.4 Å². The van der Waals surface area contributed by atoms with Crippen LogP contribution in [0.2, 0.25) is 0 Å². The fraction of sp³-hybridized carbons (Fsp3) is 0.143. The number of nitrogens with zero attached hydrogens (tertiary/aromatic N) is 2. The number of thiazole rings is 1. The van der Waals surface area contributed by atoms with Crippen molar-refractivity contribution in [3.05, 3.63) is 70.2 Å². The molecule has 1 aliphatic heterocycles. The van der Waals surface area contributed by atoms with Crippen molar-refractivity contribution in [1.82, 2.24) is 4.98 Å². The van der Waals surface area contributed by atoms with Crippen LogP contribution in [-0.2, 0) is 0 Å². The number of ether oxygens (including phenoxy) is 1. The lowest BCUT2D eigenvalue weighted by molar-refractivity contribution is 0.411. The smallest absolute Gasteiger partial charge is 0.139 e. The zero-order valence-corrected chi connectivity index (χ0v) is 15.9. The van der Waals surface area contributed by atoms with Crippen LogP contribution >= 0.6 is 11.3 Å². The zero-order valence-electron chi connectivity index (χ0n) is 15.1. The molecule has 2 heterocycles. The molecule has 0 saturated carbocycles. The van der Waals surface area contributed by atoms with Crippen LogP contribution in [0, 0.1) is 12.3 Å². The van der Waals surface area contributed by atoms with Gasteiger partial charge in [-0.05, 0) is 31.2 Å². The summed E-state index contributed by atoms with van der Waals surface area (Å²) in [5.41, 5.74) is 3.26. The molecule has 1 aromatic heterocycles. The highest BCUT2D eigenvalue weighted by Crippen LogP contribution is 2.36. The second-order valence-corrected chi connectivity index (χ2v) is 7.45. The summed E-state index contributed by atoms with van der Waals surface area (Å²) >= 11 is 1.50. The van der Waals surface area contributed by atoms with Gasteiger partial charge in [0.1, 0.15) is 22.4 Å². The van der Waals surface area contributed by atoms with Gasteiger partial charge in [-0.2, -0.15) is 0 Å². The summed E-state index contributed by atoms with van der Waals surface area (Å²) in [7, 11) is 1.62. The summed E-state index contributed by atoms with van der Waals surface area (Å²) in [6.07, 6.45) is 0. The summed E-state index contributed by atoms with van der Waals surface area (Å²) in [6, 6.07) is 17.4. The predicted molar refractivity (Wildman–Crippen MR) is 110 cm³/mol. The SMILES string of the molecule is COc1ccc(N2CC(O)=C(c3nc(-c4ccccc4)c(C)s3)C2=N)cc1. The first-order chi connectivity index (χ1) is 13.1. The zero-order chi connectivity index (χ0) is 19.0. The van der Waals surface area contributed by atoms with Crippen LogP contribution < -0.4 is 9.64 Å². The monoisotopic (exact) mass is 377 g/mol. The Morgan fingerprint density at radius 2 is 1.81 bits per heavy atom. The number of aryl methyl sites for hydroxylation is 1. The van der Waals surface area contributed by atoms with E-state index >= 15 is 0 Å². The molecule has 0 aliphatic carbocycles. The highest BCUT2D eigenvalue weighted by molar-refractivity contribution is 7.13. The van der Waals surface area contributed by atoms with E-state index in [1.807, 2.05) is 61.5 Å². The third kappa shape index (κ3) is 3.08. The Morgan fingerprint density at radius 1 is 1.11 bits per heavy atom. The van der Waals surface area contributed by atoms with Gasteiger partial charge in [-0.3, -0.25) is 5.41 Å². The quantitative estimate of drug-likeness (QED) is 0.679. The van der Waals surface area contributed by atoms with E-state index in [1.54, 1.807) is 12.0 Å². The minimum Gasteiger partial charge on any atom is -0.510 e. The van der Waals surface area contributed by atoms with E-state index in [2.05, 4.69) is 0 Å². The van der Waals surface area contributed by atoms with E-state index < -0.39 is 0 Å². The van der Waals surface area contributed by atoms with E-state index in [0.717, 1.165) is 27.6 Å². The lowest BCUT2D eigenvalue weighted by Crippen LogP contribution is -2.25. The summed E-state index contributed by atoms with van der Waals surface area (Å²) in [5.74, 6) is 1.18. The van der Waals surface area contributed by atoms with Crippen LogP contribution in [0.4, 0.5) is 5.69 Å². The maximum atomic E-state index is 10.6. The Balaban J connectivity index is 1.66. The van der Waals surface area contributed by atoms with Crippen molar-refractivity contribution in [1.29, 1.82) is 5.41 Å². The standard InChI is InChI=1S/C21H19N3O2S/c1-13-19(14-6-4-3-5-7-14)23-21(27-13)18-17(25)12-24(20(18)22)15-8-10-16(26-2)11-9-15/h3-11,22,25H,12H2,1-2H3. The molecule has 0 spiro atoms. The van der Waals surface area contributed by atoms with E-state index in [0.29, 0.717) is 10.6 Å². The number of rotatable bonds is 4. The maximum Gasteiger partial charge on any atom is 0.139 e. The van der Waals surface area contributed by atoms with Crippen LogP contribution in [0.15, 0.2) is 60.4 Å². The minimum atomic E-state index is 0.171. The number of nitrogens with one attached hydrogen (secondary N) is 1. The van der Waals surface area contributed by atoms with Crippen molar-refractivity contribution in [2.45, 2.75) is 6.92 Å². The van der Waals surface area contributed by atoms with E-state index in [-0.39, 0.29) is 18.1 Å². The molecule has 5 nitrogen and oxygen atoms in total. The van der Waals surface area contributed by atoms with Crippen molar-refractivity contribution >= 4 is 28.4 Å². The van der Waals surface area contributed by atoms with Crippen molar-refractivity contribution in [3.8, 4) is 17.0 Å². The third-order valence-electron chi connectivity index (χ3n) is 4.54. The number of benzene rings is 2. The van der Waals surface area contributed by atoms with Gasteiger partial charge in [-0.25, -0.2) is 4.98 Å². The molecule has 136 valence electrons. The molecule has 4 rings (SSSR count). The molecule has 0 radical (unpaired) electrons. The number of hydrogen-bond donors (Lipinski definition) is 2. The van der Waals surface area contributed by atoms with E-state index in [1.165, 1.54) is 11.3 Å². The van der Waals surface area contributed by atoms with Crippen molar-refractivity contribution in [3.63, 3.8) is 0 Å². The molecule has 0 unspecified atom stereocenters. The first-order valence-corrected chi connectivity index (χ1v) is 9.36. The third-order valence-corrected chi connectivity index (χ3v) is 5.53. The summed E-state index contributed by atoms with van der Waals surface area (Å²) < 4.78 is 5.19. The Labute approximate surface area is 161 Å². The largest absolute Gasteiger partial charge is 0.510 e. The van der Waals surface area contributed by atoms with Gasteiger partial charge >= 0.3 is 0 Å². The van der Waals surface area contributed by atoms with Gasteiger partial charge in [0, 0.05) is 16.1 Å². The lowest BCUT2D eigenvalue weighted by atomic mass is 10.1. The number of aliphatic hydroxyl groups excluding tert-OH is 1. The normalized spacial score (nSPS) is 14.1. The van der Waals surface area contributed by atoms with Crippen LogP contribution in [0.5, 0.6) is 5.75 Å². The second kappa shape index (κ2) is 6.89. The van der Waals surface area contributed by atoms with Crippen molar-refractivity contribution < 1.29 is 9.84 Å². The molecule has 0 amide bonds. The summed E-state index contributed by atoms with van der Waals surface area (Å²) in [6.45, 7) is 2.28. The Bertz CT molecular complexity index is 1020.